The number of hydrogen-bond donors (Lipinski definition) is 2. The third-order valence-corrected chi connectivity index (χ3v) is 6.34. The summed E-state index contributed by atoms with van der Waals surface area (Å²) >= 11 is 0. The predicted octanol–water partition coefficient (Wildman–Crippen LogP) is 2.13. The summed E-state index contributed by atoms with van der Waals surface area (Å²) < 4.78 is 27.5. The zero-order valence-corrected chi connectivity index (χ0v) is 16.4. The van der Waals surface area contributed by atoms with E-state index in [1.54, 1.807) is 48.2 Å². The lowest BCUT2D eigenvalue weighted by Crippen LogP contribution is -2.41. The van der Waals surface area contributed by atoms with Crippen molar-refractivity contribution in [1.82, 2.24) is 4.90 Å². The molecule has 0 spiro atoms. The lowest BCUT2D eigenvalue weighted by Gasteiger charge is -2.30. The minimum atomic E-state index is -3.69. The van der Waals surface area contributed by atoms with Gasteiger partial charge in [0.2, 0.25) is 5.91 Å². The first kappa shape index (κ1) is 19.9. The van der Waals surface area contributed by atoms with Crippen LogP contribution in [-0.4, -0.2) is 38.2 Å². The fourth-order valence-electron chi connectivity index (χ4n) is 3.26. The monoisotopic (exact) mass is 401 g/mol. The second-order valence-corrected chi connectivity index (χ2v) is 8.60. The Morgan fingerprint density at radius 3 is 2.29 bits per heavy atom. The molecule has 0 unspecified atom stereocenters. The molecule has 3 N–H and O–H groups in total. The zero-order valence-electron chi connectivity index (χ0n) is 15.6. The highest BCUT2D eigenvalue weighted by molar-refractivity contribution is 7.92. The van der Waals surface area contributed by atoms with E-state index >= 15 is 0 Å². The van der Waals surface area contributed by atoms with Gasteiger partial charge < -0.3 is 10.6 Å². The van der Waals surface area contributed by atoms with Gasteiger partial charge in [0.25, 0.3) is 15.9 Å². The topological polar surface area (TPSA) is 110 Å². The molecule has 2 aromatic carbocycles. The first-order chi connectivity index (χ1) is 13.3. The maximum atomic E-state index is 12.7. The Balaban J connectivity index is 1.72. The normalized spacial score (nSPS) is 15.2. The van der Waals surface area contributed by atoms with E-state index in [9.17, 15) is 18.0 Å². The van der Waals surface area contributed by atoms with E-state index in [0.717, 1.165) is 0 Å². The lowest BCUT2D eigenvalue weighted by atomic mass is 9.95. The number of rotatable bonds is 5. The Hall–Kier alpha value is -2.87. The molecule has 8 heteroatoms. The summed E-state index contributed by atoms with van der Waals surface area (Å²) in [5.74, 6) is -0.637. The molecule has 0 saturated carbocycles. The highest BCUT2D eigenvalue weighted by Crippen LogP contribution is 2.23. The minimum Gasteiger partial charge on any atom is -0.369 e. The summed E-state index contributed by atoms with van der Waals surface area (Å²) in [6.07, 6.45) is 1.13. The molecule has 7 nitrogen and oxygen atoms in total. The fourth-order valence-corrected chi connectivity index (χ4v) is 4.42. The van der Waals surface area contributed by atoms with E-state index in [-0.39, 0.29) is 22.6 Å². The average molecular weight is 401 g/mol. The highest BCUT2D eigenvalue weighted by atomic mass is 32.2. The number of anilines is 1. The van der Waals surface area contributed by atoms with Crippen molar-refractivity contribution in [3.8, 4) is 0 Å². The summed E-state index contributed by atoms with van der Waals surface area (Å²) in [5.41, 5.74) is 6.89. The van der Waals surface area contributed by atoms with Crippen molar-refractivity contribution < 1.29 is 18.0 Å². The molecule has 2 amide bonds. The number of benzene rings is 2. The van der Waals surface area contributed by atoms with Gasteiger partial charge in [-0.25, -0.2) is 8.42 Å². The maximum Gasteiger partial charge on any atom is 0.261 e. The zero-order chi connectivity index (χ0) is 20.3. The van der Waals surface area contributed by atoms with Gasteiger partial charge in [0.05, 0.1) is 10.6 Å². The van der Waals surface area contributed by atoms with Crippen molar-refractivity contribution in [3.05, 3.63) is 59.7 Å². The summed E-state index contributed by atoms with van der Waals surface area (Å²) in [6.45, 7) is 2.71. The standard InChI is InChI=1S/C20H23N3O4S/c1-14-13-16(20(25)23-11-9-15(10-12-23)19(21)24)7-8-18(14)22-28(26,27)17-5-3-2-4-6-17/h2-8,13,15,22H,9-12H2,1H3,(H2,21,24). The Morgan fingerprint density at radius 2 is 1.71 bits per heavy atom. The molecule has 148 valence electrons. The molecule has 3 rings (SSSR count). The molecule has 0 aliphatic carbocycles. The second-order valence-electron chi connectivity index (χ2n) is 6.92. The van der Waals surface area contributed by atoms with Crippen LogP contribution in [0.3, 0.4) is 0 Å². The molecule has 1 aliphatic rings. The van der Waals surface area contributed by atoms with Crippen LogP contribution in [0.5, 0.6) is 0 Å². The molecule has 28 heavy (non-hydrogen) atoms. The number of amides is 2. The van der Waals surface area contributed by atoms with Crippen LogP contribution < -0.4 is 10.5 Å². The number of carbonyl (C=O) groups excluding carboxylic acids is 2. The van der Waals surface area contributed by atoms with Gasteiger partial charge >= 0.3 is 0 Å². The van der Waals surface area contributed by atoms with E-state index in [1.807, 2.05) is 0 Å². The van der Waals surface area contributed by atoms with E-state index in [1.165, 1.54) is 12.1 Å². The van der Waals surface area contributed by atoms with Crippen molar-refractivity contribution in [2.45, 2.75) is 24.7 Å². The quantitative estimate of drug-likeness (QED) is 0.800. The van der Waals surface area contributed by atoms with Crippen LogP contribution in [0.25, 0.3) is 0 Å². The molecule has 0 aromatic heterocycles. The number of nitrogens with one attached hydrogen (secondary N) is 1. The van der Waals surface area contributed by atoms with Gasteiger partial charge in [-0.05, 0) is 55.7 Å². The third-order valence-electron chi connectivity index (χ3n) is 4.96. The molecule has 0 atom stereocenters. The first-order valence-corrected chi connectivity index (χ1v) is 10.5. The second kappa shape index (κ2) is 8.02. The Morgan fingerprint density at radius 1 is 1.07 bits per heavy atom. The Kier molecular flexibility index (Phi) is 5.69. The van der Waals surface area contributed by atoms with Gasteiger partial charge in [0.15, 0.2) is 0 Å². The smallest absolute Gasteiger partial charge is 0.261 e. The van der Waals surface area contributed by atoms with Crippen molar-refractivity contribution in [2.24, 2.45) is 11.7 Å². The molecule has 2 aromatic rings. The Bertz CT molecular complexity index is 982. The minimum absolute atomic E-state index is 0.136. The van der Waals surface area contributed by atoms with Gasteiger partial charge in [-0.2, -0.15) is 0 Å². The van der Waals surface area contributed by atoms with Crippen molar-refractivity contribution in [3.63, 3.8) is 0 Å². The van der Waals surface area contributed by atoms with E-state index in [2.05, 4.69) is 4.72 Å². The predicted molar refractivity (Wildman–Crippen MR) is 106 cm³/mol. The van der Waals surface area contributed by atoms with Crippen molar-refractivity contribution in [1.29, 1.82) is 0 Å². The maximum absolute atomic E-state index is 12.7. The SMILES string of the molecule is Cc1cc(C(=O)N2CCC(C(N)=O)CC2)ccc1NS(=O)(=O)c1ccccc1. The number of nitrogens with two attached hydrogens (primary N) is 1. The molecular weight excluding hydrogens is 378 g/mol. The molecule has 1 saturated heterocycles. The van der Waals surface area contributed by atoms with Crippen LogP contribution in [0, 0.1) is 12.8 Å². The van der Waals surface area contributed by atoms with Crippen LogP contribution >= 0.6 is 0 Å². The molecule has 1 heterocycles. The number of hydrogen-bond acceptors (Lipinski definition) is 4. The van der Waals surface area contributed by atoms with E-state index in [4.69, 9.17) is 5.73 Å². The van der Waals surface area contributed by atoms with E-state index in [0.29, 0.717) is 42.7 Å². The molecule has 0 radical (unpaired) electrons. The van der Waals surface area contributed by atoms with E-state index < -0.39 is 10.0 Å². The summed E-state index contributed by atoms with van der Waals surface area (Å²) in [7, 11) is -3.69. The fraction of sp³-hybridized carbons (Fsp3) is 0.300. The molecule has 0 bridgehead atoms. The van der Waals surface area contributed by atoms with Crippen molar-refractivity contribution in [2.75, 3.05) is 17.8 Å². The summed E-state index contributed by atoms with van der Waals surface area (Å²) in [4.78, 5) is 25.8. The van der Waals surface area contributed by atoms with Gasteiger partial charge in [-0.1, -0.05) is 18.2 Å². The molecule has 1 aliphatic heterocycles. The van der Waals surface area contributed by atoms with Gasteiger partial charge in [-0.3, -0.25) is 14.3 Å². The average Bonchev–Trinajstić information content (AvgIpc) is 2.69. The van der Waals surface area contributed by atoms with Crippen LogP contribution in [0.1, 0.15) is 28.8 Å². The number of nitrogens with zero attached hydrogens (tertiary/aromatic N) is 1. The highest BCUT2D eigenvalue weighted by Gasteiger charge is 2.26. The Labute approximate surface area is 164 Å². The first-order valence-electron chi connectivity index (χ1n) is 9.05. The van der Waals surface area contributed by atoms with Gasteiger partial charge in [0.1, 0.15) is 0 Å². The third kappa shape index (κ3) is 4.33. The van der Waals surface area contributed by atoms with Crippen LogP contribution in [0.2, 0.25) is 0 Å². The number of likely N-dealkylation sites (tertiary alicyclic amines) is 1. The molecule has 1 fully saturated rings. The summed E-state index contributed by atoms with van der Waals surface area (Å²) in [5, 5.41) is 0. The largest absolute Gasteiger partial charge is 0.369 e. The number of sulfonamides is 1. The molecular formula is C20H23N3O4S. The number of piperidine rings is 1. The van der Waals surface area contributed by atoms with Gasteiger partial charge in [0, 0.05) is 24.6 Å². The van der Waals surface area contributed by atoms with Crippen LogP contribution in [-0.2, 0) is 14.8 Å². The number of primary amides is 1. The van der Waals surface area contributed by atoms with Crippen LogP contribution in [0.15, 0.2) is 53.4 Å². The van der Waals surface area contributed by atoms with Gasteiger partial charge in [-0.15, -0.1) is 0 Å². The number of carbonyl (C=O) groups is 2. The van der Waals surface area contributed by atoms with Crippen LogP contribution in [0.4, 0.5) is 5.69 Å². The lowest BCUT2D eigenvalue weighted by molar-refractivity contribution is -0.123. The number of aryl methyl sites for hydroxylation is 1. The van der Waals surface area contributed by atoms with Crippen molar-refractivity contribution >= 4 is 27.5 Å². The summed E-state index contributed by atoms with van der Waals surface area (Å²) in [6, 6.07) is 13.0.